The average molecular weight is 242 g/mol. The van der Waals surface area contributed by atoms with Crippen LogP contribution >= 0.6 is 0 Å². The lowest BCUT2D eigenvalue weighted by molar-refractivity contribution is -0.121. The fraction of sp³-hybridized carbons (Fsp3) is 0.700. The molecule has 2 N–H and O–H groups in total. The molecular weight excluding hydrogens is 224 g/mol. The van der Waals surface area contributed by atoms with Gasteiger partial charge in [0.2, 0.25) is 11.8 Å². The van der Waals surface area contributed by atoms with Crippen molar-refractivity contribution in [3.8, 4) is 0 Å². The molecule has 1 amide bonds. The van der Waals surface area contributed by atoms with Crippen LogP contribution in [0.3, 0.4) is 0 Å². The first kappa shape index (κ1) is 13.6. The van der Waals surface area contributed by atoms with Gasteiger partial charge in [0.25, 0.3) is 0 Å². The summed E-state index contributed by atoms with van der Waals surface area (Å²) >= 11 is 0. The van der Waals surface area contributed by atoms with Crippen molar-refractivity contribution in [3.63, 3.8) is 0 Å². The third-order valence-electron chi connectivity index (χ3n) is 1.96. The number of amides is 1. The van der Waals surface area contributed by atoms with E-state index in [0.29, 0.717) is 24.9 Å². The van der Waals surface area contributed by atoms with Crippen molar-refractivity contribution >= 4 is 5.91 Å². The first-order valence-electron chi connectivity index (χ1n) is 5.40. The van der Waals surface area contributed by atoms with Crippen LogP contribution in [-0.4, -0.2) is 42.4 Å². The fourth-order valence-corrected chi connectivity index (χ4v) is 1.32. The van der Waals surface area contributed by atoms with Gasteiger partial charge in [-0.15, -0.1) is 0 Å². The van der Waals surface area contributed by atoms with Crippen LogP contribution in [0.1, 0.15) is 18.6 Å². The number of carbonyl (C=O) groups excluding carboxylic acids is 1. The Hall–Kier alpha value is -1.47. The van der Waals surface area contributed by atoms with E-state index in [1.165, 1.54) is 0 Å². The van der Waals surface area contributed by atoms with E-state index in [1.54, 1.807) is 14.0 Å². The van der Waals surface area contributed by atoms with Crippen molar-refractivity contribution in [2.24, 2.45) is 0 Å². The molecule has 1 unspecified atom stereocenters. The Kier molecular flexibility index (Phi) is 5.58. The third kappa shape index (κ3) is 5.41. The van der Waals surface area contributed by atoms with Gasteiger partial charge in [0.15, 0.2) is 5.82 Å². The van der Waals surface area contributed by atoms with Gasteiger partial charge in [0.1, 0.15) is 0 Å². The van der Waals surface area contributed by atoms with Crippen molar-refractivity contribution in [1.29, 1.82) is 0 Å². The quantitative estimate of drug-likeness (QED) is 0.677. The van der Waals surface area contributed by atoms with Crippen molar-refractivity contribution in [1.82, 2.24) is 20.8 Å². The summed E-state index contributed by atoms with van der Waals surface area (Å²) in [7, 11) is 1.60. The lowest BCUT2D eigenvalue weighted by atomic mass is 10.3. The van der Waals surface area contributed by atoms with Crippen LogP contribution in [-0.2, 0) is 16.1 Å². The Bertz CT molecular complexity index is 353. The van der Waals surface area contributed by atoms with E-state index in [-0.39, 0.29) is 18.5 Å². The van der Waals surface area contributed by atoms with Gasteiger partial charge in [-0.05, 0) is 6.92 Å². The first-order valence-corrected chi connectivity index (χ1v) is 5.40. The van der Waals surface area contributed by atoms with Gasteiger partial charge in [-0.25, -0.2) is 0 Å². The summed E-state index contributed by atoms with van der Waals surface area (Å²) in [5.74, 6) is 0.968. The van der Waals surface area contributed by atoms with Crippen molar-refractivity contribution in [2.45, 2.75) is 26.4 Å². The number of carbonyl (C=O) groups is 1. The summed E-state index contributed by atoms with van der Waals surface area (Å²) in [4.78, 5) is 15.4. The Morgan fingerprint density at radius 3 is 2.94 bits per heavy atom. The van der Waals surface area contributed by atoms with Crippen LogP contribution in [0.4, 0.5) is 0 Å². The Morgan fingerprint density at radius 1 is 1.59 bits per heavy atom. The highest BCUT2D eigenvalue weighted by molar-refractivity contribution is 5.78. The minimum absolute atomic E-state index is 0.00159. The summed E-state index contributed by atoms with van der Waals surface area (Å²) in [6.07, 6.45) is 0. The molecule has 17 heavy (non-hydrogen) atoms. The minimum Gasteiger partial charge on any atom is -0.383 e. The summed E-state index contributed by atoms with van der Waals surface area (Å²) < 4.78 is 9.71. The molecule has 0 aliphatic carbocycles. The smallest absolute Gasteiger partial charge is 0.234 e. The molecule has 0 aromatic carbocycles. The second-order valence-electron chi connectivity index (χ2n) is 3.76. The number of aromatic nitrogens is 2. The molecule has 0 radical (unpaired) electrons. The molecule has 1 heterocycles. The molecule has 1 rings (SSSR count). The number of methoxy groups -OCH3 is 1. The second-order valence-corrected chi connectivity index (χ2v) is 3.76. The van der Waals surface area contributed by atoms with Crippen molar-refractivity contribution < 1.29 is 14.1 Å². The third-order valence-corrected chi connectivity index (χ3v) is 1.96. The predicted octanol–water partition coefficient (Wildman–Crippen LogP) is -0.381. The molecule has 1 aromatic heterocycles. The van der Waals surface area contributed by atoms with E-state index in [0.717, 1.165) is 0 Å². The molecule has 0 saturated carbocycles. The lowest BCUT2D eigenvalue weighted by Gasteiger charge is -2.12. The van der Waals surface area contributed by atoms with E-state index in [4.69, 9.17) is 9.26 Å². The Labute approximate surface area is 99.9 Å². The summed E-state index contributed by atoms with van der Waals surface area (Å²) in [5, 5.41) is 9.41. The number of hydrogen-bond acceptors (Lipinski definition) is 6. The van der Waals surface area contributed by atoms with Gasteiger partial charge >= 0.3 is 0 Å². The van der Waals surface area contributed by atoms with E-state index >= 15 is 0 Å². The molecular formula is C10H18N4O3. The first-order chi connectivity index (χ1) is 8.11. The molecule has 0 bridgehead atoms. The average Bonchev–Trinajstić information content (AvgIpc) is 2.64. The van der Waals surface area contributed by atoms with Crippen LogP contribution in [0.5, 0.6) is 0 Å². The molecule has 0 fully saturated rings. The standard InChI is InChI=1S/C10H18N4O3/c1-7(6-16-3)12-10(15)5-11-4-9-13-8(2)17-14-9/h7,11H,4-6H2,1-3H3,(H,12,15). The SMILES string of the molecule is COCC(C)NC(=O)CNCc1noc(C)n1. The molecule has 0 aliphatic heterocycles. The topological polar surface area (TPSA) is 89.3 Å². The zero-order valence-corrected chi connectivity index (χ0v) is 10.3. The number of nitrogens with zero attached hydrogens (tertiary/aromatic N) is 2. The molecule has 0 spiro atoms. The lowest BCUT2D eigenvalue weighted by Crippen LogP contribution is -2.40. The highest BCUT2D eigenvalue weighted by Gasteiger charge is 2.07. The van der Waals surface area contributed by atoms with Gasteiger partial charge in [-0.2, -0.15) is 4.98 Å². The molecule has 1 aromatic rings. The molecule has 96 valence electrons. The summed E-state index contributed by atoms with van der Waals surface area (Å²) in [6.45, 7) is 4.71. The summed E-state index contributed by atoms with van der Waals surface area (Å²) in [6, 6.07) is 0.00159. The van der Waals surface area contributed by atoms with Gasteiger partial charge in [0, 0.05) is 20.1 Å². The van der Waals surface area contributed by atoms with Crippen LogP contribution in [0.15, 0.2) is 4.52 Å². The highest BCUT2D eigenvalue weighted by Crippen LogP contribution is 1.93. The van der Waals surface area contributed by atoms with E-state index in [1.807, 2.05) is 6.92 Å². The normalized spacial score (nSPS) is 12.4. The monoisotopic (exact) mass is 242 g/mol. The van der Waals surface area contributed by atoms with Gasteiger partial charge in [-0.1, -0.05) is 5.16 Å². The van der Waals surface area contributed by atoms with E-state index in [2.05, 4.69) is 20.8 Å². The number of ether oxygens (including phenoxy) is 1. The van der Waals surface area contributed by atoms with Gasteiger partial charge in [-0.3, -0.25) is 4.79 Å². The minimum atomic E-state index is -0.0882. The second kappa shape index (κ2) is 6.97. The number of rotatable bonds is 7. The fourth-order valence-electron chi connectivity index (χ4n) is 1.32. The number of nitrogens with one attached hydrogen (secondary N) is 2. The van der Waals surface area contributed by atoms with Crippen molar-refractivity contribution in [2.75, 3.05) is 20.3 Å². The highest BCUT2D eigenvalue weighted by atomic mass is 16.5. The van der Waals surface area contributed by atoms with Gasteiger partial charge < -0.3 is 19.9 Å². The number of hydrogen-bond donors (Lipinski definition) is 2. The molecule has 0 saturated heterocycles. The Balaban J connectivity index is 2.16. The van der Waals surface area contributed by atoms with E-state index in [9.17, 15) is 4.79 Å². The molecule has 7 nitrogen and oxygen atoms in total. The zero-order valence-electron chi connectivity index (χ0n) is 10.3. The molecule has 0 aliphatic rings. The largest absolute Gasteiger partial charge is 0.383 e. The van der Waals surface area contributed by atoms with E-state index < -0.39 is 0 Å². The summed E-state index contributed by atoms with van der Waals surface area (Å²) in [5.41, 5.74) is 0. The molecule has 1 atom stereocenters. The van der Waals surface area contributed by atoms with Gasteiger partial charge in [0.05, 0.1) is 19.7 Å². The molecule has 7 heteroatoms. The maximum atomic E-state index is 11.4. The van der Waals surface area contributed by atoms with Crippen LogP contribution in [0.25, 0.3) is 0 Å². The Morgan fingerprint density at radius 2 is 2.35 bits per heavy atom. The maximum Gasteiger partial charge on any atom is 0.234 e. The maximum absolute atomic E-state index is 11.4. The van der Waals surface area contributed by atoms with Crippen LogP contribution in [0, 0.1) is 6.92 Å². The van der Waals surface area contributed by atoms with Crippen LogP contribution in [0.2, 0.25) is 0 Å². The zero-order chi connectivity index (χ0) is 12.7. The van der Waals surface area contributed by atoms with Crippen LogP contribution < -0.4 is 10.6 Å². The predicted molar refractivity (Wildman–Crippen MR) is 60.2 cm³/mol. The van der Waals surface area contributed by atoms with Crippen molar-refractivity contribution in [3.05, 3.63) is 11.7 Å². The number of aryl methyl sites for hydroxylation is 1.